The van der Waals surface area contributed by atoms with Crippen molar-refractivity contribution >= 4 is 17.9 Å². The van der Waals surface area contributed by atoms with Gasteiger partial charge in [0.05, 0.1) is 6.54 Å². The zero-order chi connectivity index (χ0) is 13.6. The molecule has 1 unspecified atom stereocenters. The van der Waals surface area contributed by atoms with E-state index in [1.165, 1.54) is 0 Å². The van der Waals surface area contributed by atoms with Crippen LogP contribution in [0.5, 0.6) is 0 Å². The number of imide groups is 1. The van der Waals surface area contributed by atoms with Crippen LogP contribution in [0.25, 0.3) is 0 Å². The second kappa shape index (κ2) is 3.94. The number of amides is 3. The largest absolute Gasteiger partial charge is 0.479 e. The molecule has 0 aromatic carbocycles. The molecule has 2 fully saturated rings. The maximum atomic E-state index is 12.2. The number of β-amino-alcohol motifs (C(OH)–C–C–N with tert-alkyl or cyclic N) is 1. The molecule has 1 atom stereocenters. The van der Waals surface area contributed by atoms with Gasteiger partial charge < -0.3 is 15.5 Å². The zero-order valence-corrected chi connectivity index (χ0v) is 10.1. The quantitative estimate of drug-likeness (QED) is 0.600. The molecule has 0 radical (unpaired) electrons. The van der Waals surface area contributed by atoms with Crippen molar-refractivity contribution in [2.75, 3.05) is 6.54 Å². The summed E-state index contributed by atoms with van der Waals surface area (Å²) in [5.41, 5.74) is -3.00. The minimum Gasteiger partial charge on any atom is -0.479 e. The van der Waals surface area contributed by atoms with Gasteiger partial charge in [0, 0.05) is 0 Å². The van der Waals surface area contributed by atoms with E-state index in [9.17, 15) is 19.5 Å². The van der Waals surface area contributed by atoms with Crippen LogP contribution in [-0.4, -0.2) is 50.7 Å². The van der Waals surface area contributed by atoms with Crippen molar-refractivity contribution in [2.24, 2.45) is 0 Å². The van der Waals surface area contributed by atoms with Gasteiger partial charge in [0.1, 0.15) is 5.54 Å². The predicted octanol–water partition coefficient (Wildman–Crippen LogP) is -0.313. The van der Waals surface area contributed by atoms with Gasteiger partial charge in [-0.25, -0.2) is 9.59 Å². The third-order valence-electron chi connectivity index (χ3n) is 3.63. The van der Waals surface area contributed by atoms with Crippen LogP contribution in [0.4, 0.5) is 4.79 Å². The highest BCUT2D eigenvalue weighted by Gasteiger charge is 2.54. The summed E-state index contributed by atoms with van der Waals surface area (Å²) in [6.07, 6.45) is 2.86. The minimum atomic E-state index is -2.13. The molecule has 100 valence electrons. The van der Waals surface area contributed by atoms with Gasteiger partial charge in [-0.2, -0.15) is 0 Å². The van der Waals surface area contributed by atoms with Crippen LogP contribution in [0.1, 0.15) is 32.6 Å². The average Bonchev–Trinajstić information content (AvgIpc) is 2.81. The number of rotatable bonds is 3. The molecule has 1 aliphatic carbocycles. The van der Waals surface area contributed by atoms with Crippen molar-refractivity contribution < 1.29 is 24.6 Å². The van der Waals surface area contributed by atoms with E-state index in [-0.39, 0.29) is 0 Å². The Balaban J connectivity index is 2.18. The van der Waals surface area contributed by atoms with E-state index in [0.29, 0.717) is 12.8 Å². The fourth-order valence-corrected chi connectivity index (χ4v) is 2.51. The van der Waals surface area contributed by atoms with Gasteiger partial charge in [-0.05, 0) is 19.8 Å². The summed E-state index contributed by atoms with van der Waals surface area (Å²) in [5.74, 6) is -1.89. The van der Waals surface area contributed by atoms with Gasteiger partial charge in [0.25, 0.3) is 5.91 Å². The lowest BCUT2D eigenvalue weighted by molar-refractivity contribution is -0.158. The standard InChI is InChI=1S/C11H16N2O5/c1-10(18,8(15)16)6-13-7(14)11(12-9(13)17)4-2-3-5-11/h18H,2-6H2,1H3,(H,12,17)(H,15,16). The maximum absolute atomic E-state index is 12.2. The SMILES string of the molecule is CC(O)(CN1C(=O)NC2(CCCC2)C1=O)C(=O)O. The molecule has 1 saturated heterocycles. The number of hydrogen-bond acceptors (Lipinski definition) is 4. The summed E-state index contributed by atoms with van der Waals surface area (Å²) in [7, 11) is 0. The van der Waals surface area contributed by atoms with Crippen LogP contribution in [0, 0.1) is 0 Å². The Kier molecular flexibility index (Phi) is 2.81. The van der Waals surface area contributed by atoms with E-state index >= 15 is 0 Å². The molecule has 7 nitrogen and oxygen atoms in total. The number of nitrogens with zero attached hydrogens (tertiary/aromatic N) is 1. The molecule has 3 amide bonds. The van der Waals surface area contributed by atoms with Crippen molar-refractivity contribution in [2.45, 2.75) is 43.7 Å². The summed E-state index contributed by atoms with van der Waals surface area (Å²) in [6.45, 7) is 0.532. The highest BCUT2D eigenvalue weighted by Crippen LogP contribution is 2.35. The summed E-state index contributed by atoms with van der Waals surface area (Å²) in [5, 5.41) is 21.1. The lowest BCUT2D eigenvalue weighted by Crippen LogP contribution is -2.50. The number of carboxylic acid groups (broad SMARTS) is 1. The van der Waals surface area contributed by atoms with E-state index in [1.807, 2.05) is 0 Å². The number of carboxylic acids is 1. The fraction of sp³-hybridized carbons (Fsp3) is 0.727. The number of carbonyl (C=O) groups excluding carboxylic acids is 2. The maximum Gasteiger partial charge on any atom is 0.337 e. The van der Waals surface area contributed by atoms with Crippen LogP contribution >= 0.6 is 0 Å². The minimum absolute atomic E-state index is 0.425. The first-order valence-corrected chi connectivity index (χ1v) is 5.88. The molecule has 2 aliphatic rings. The molecular formula is C11H16N2O5. The summed E-state index contributed by atoms with van der Waals surface area (Å²) < 4.78 is 0. The van der Waals surface area contributed by atoms with Crippen molar-refractivity contribution in [3.63, 3.8) is 0 Å². The van der Waals surface area contributed by atoms with E-state index in [2.05, 4.69) is 5.32 Å². The van der Waals surface area contributed by atoms with Gasteiger partial charge in [-0.1, -0.05) is 12.8 Å². The molecule has 0 bridgehead atoms. The molecule has 3 N–H and O–H groups in total. The molecule has 0 aromatic heterocycles. The van der Waals surface area contributed by atoms with Crippen LogP contribution < -0.4 is 5.32 Å². The topological polar surface area (TPSA) is 107 Å². The summed E-state index contributed by atoms with van der Waals surface area (Å²) in [4.78, 5) is 35.5. The van der Waals surface area contributed by atoms with E-state index in [1.54, 1.807) is 0 Å². The molecule has 1 aliphatic heterocycles. The van der Waals surface area contributed by atoms with Crippen LogP contribution in [0.2, 0.25) is 0 Å². The zero-order valence-electron chi connectivity index (χ0n) is 10.1. The first-order valence-electron chi connectivity index (χ1n) is 5.88. The lowest BCUT2D eigenvalue weighted by atomic mass is 9.97. The normalized spacial score (nSPS) is 25.3. The highest BCUT2D eigenvalue weighted by molar-refractivity contribution is 6.07. The van der Waals surface area contributed by atoms with Gasteiger partial charge in [0.15, 0.2) is 5.60 Å². The van der Waals surface area contributed by atoms with Crippen molar-refractivity contribution in [1.82, 2.24) is 10.2 Å². The van der Waals surface area contributed by atoms with E-state index in [0.717, 1.165) is 24.7 Å². The van der Waals surface area contributed by atoms with Gasteiger partial charge in [-0.15, -0.1) is 0 Å². The molecule has 1 heterocycles. The predicted molar refractivity (Wildman–Crippen MR) is 59.7 cm³/mol. The highest BCUT2D eigenvalue weighted by atomic mass is 16.4. The molecule has 1 saturated carbocycles. The number of aliphatic hydroxyl groups is 1. The third kappa shape index (κ3) is 1.84. The van der Waals surface area contributed by atoms with E-state index < -0.39 is 35.6 Å². The van der Waals surface area contributed by atoms with Gasteiger partial charge >= 0.3 is 12.0 Å². The van der Waals surface area contributed by atoms with Crippen molar-refractivity contribution in [3.8, 4) is 0 Å². The van der Waals surface area contributed by atoms with E-state index in [4.69, 9.17) is 5.11 Å². The number of carbonyl (C=O) groups is 3. The lowest BCUT2D eigenvalue weighted by Gasteiger charge is -2.24. The monoisotopic (exact) mass is 256 g/mol. The average molecular weight is 256 g/mol. The number of urea groups is 1. The Hall–Kier alpha value is -1.63. The Morgan fingerprint density at radius 3 is 2.50 bits per heavy atom. The fourth-order valence-electron chi connectivity index (χ4n) is 2.51. The second-order valence-electron chi connectivity index (χ2n) is 5.19. The third-order valence-corrected chi connectivity index (χ3v) is 3.63. The second-order valence-corrected chi connectivity index (χ2v) is 5.19. The molecular weight excluding hydrogens is 240 g/mol. The summed E-state index contributed by atoms with van der Waals surface area (Å²) >= 11 is 0. The first-order chi connectivity index (χ1) is 8.28. The van der Waals surface area contributed by atoms with Crippen LogP contribution in [0.3, 0.4) is 0 Å². The Labute approximate surface area is 104 Å². The Morgan fingerprint density at radius 1 is 1.44 bits per heavy atom. The van der Waals surface area contributed by atoms with Crippen molar-refractivity contribution in [1.29, 1.82) is 0 Å². The number of nitrogens with one attached hydrogen (secondary N) is 1. The molecule has 1 spiro atoms. The molecule has 7 heteroatoms. The first kappa shape index (κ1) is 12.8. The van der Waals surface area contributed by atoms with Crippen LogP contribution in [0.15, 0.2) is 0 Å². The summed E-state index contributed by atoms with van der Waals surface area (Å²) in [6, 6.07) is -0.622. The van der Waals surface area contributed by atoms with Crippen molar-refractivity contribution in [3.05, 3.63) is 0 Å². The number of hydrogen-bond donors (Lipinski definition) is 3. The van der Waals surface area contributed by atoms with Crippen LogP contribution in [-0.2, 0) is 9.59 Å². The Bertz CT molecular complexity index is 412. The number of aliphatic carboxylic acids is 1. The van der Waals surface area contributed by atoms with Gasteiger partial charge in [-0.3, -0.25) is 9.69 Å². The molecule has 18 heavy (non-hydrogen) atoms. The molecule has 2 rings (SSSR count). The van der Waals surface area contributed by atoms with Gasteiger partial charge in [0.2, 0.25) is 0 Å². The molecule has 0 aromatic rings. The Morgan fingerprint density at radius 2 is 2.00 bits per heavy atom. The smallest absolute Gasteiger partial charge is 0.337 e.